The molecule has 12 nitrogen and oxygen atoms in total. The number of benzene rings is 2. The zero-order valence-corrected chi connectivity index (χ0v) is 28.9. The van der Waals surface area contributed by atoms with Crippen LogP contribution >= 0.6 is 0 Å². The van der Waals surface area contributed by atoms with Crippen LogP contribution in [0.2, 0.25) is 0 Å². The second-order valence-corrected chi connectivity index (χ2v) is 10.9. The molecule has 0 spiro atoms. The van der Waals surface area contributed by atoms with Gasteiger partial charge in [0.1, 0.15) is 13.3 Å². The van der Waals surface area contributed by atoms with Crippen molar-refractivity contribution < 1.29 is 56.6 Å². The highest BCUT2D eigenvalue weighted by molar-refractivity contribution is 5.79. The van der Waals surface area contributed by atoms with Crippen molar-refractivity contribution in [1.29, 1.82) is 0 Å². The Balaban J connectivity index is 1.01. The highest BCUT2D eigenvalue weighted by atomic mass is 19.1. The topological polar surface area (TPSA) is 113 Å². The molecule has 0 aromatic heterocycles. The van der Waals surface area contributed by atoms with Gasteiger partial charge >= 0.3 is 6.09 Å². The predicted molar refractivity (Wildman–Crippen MR) is 181 cm³/mol. The van der Waals surface area contributed by atoms with E-state index in [9.17, 15) is 9.18 Å². The van der Waals surface area contributed by atoms with Crippen LogP contribution in [0.25, 0.3) is 11.1 Å². The number of carbonyl (C=O) groups is 1. The van der Waals surface area contributed by atoms with Crippen LogP contribution in [0.15, 0.2) is 48.5 Å². The first-order valence-corrected chi connectivity index (χ1v) is 17.0. The van der Waals surface area contributed by atoms with Gasteiger partial charge in [0.05, 0.1) is 119 Å². The van der Waals surface area contributed by atoms with Gasteiger partial charge in [0.2, 0.25) is 0 Å². The molecule has 0 atom stereocenters. The van der Waals surface area contributed by atoms with Crippen molar-refractivity contribution >= 4 is 6.09 Å². The summed E-state index contributed by atoms with van der Waals surface area (Å²) < 4.78 is 66.2. The number of hydrogen-bond acceptors (Lipinski definition) is 11. The second kappa shape index (κ2) is 27.1. The Morgan fingerprint density at radius 1 is 0.531 bits per heavy atom. The lowest BCUT2D eigenvalue weighted by Gasteiger charge is -2.19. The quantitative estimate of drug-likeness (QED) is 0.107. The van der Waals surface area contributed by atoms with Crippen LogP contribution in [0, 0.1) is 0 Å². The van der Waals surface area contributed by atoms with Gasteiger partial charge in [0.15, 0.2) is 0 Å². The van der Waals surface area contributed by atoms with Crippen LogP contribution < -0.4 is 0 Å². The van der Waals surface area contributed by atoms with Gasteiger partial charge in [-0.15, -0.1) is 0 Å². The van der Waals surface area contributed by atoms with Crippen molar-refractivity contribution in [2.45, 2.75) is 5.92 Å². The number of rotatable bonds is 31. The fraction of sp³-hybridized carbons (Fsp3) is 0.639. The highest BCUT2D eigenvalue weighted by Crippen LogP contribution is 2.44. The lowest BCUT2D eigenvalue weighted by molar-refractivity contribution is -0.0253. The summed E-state index contributed by atoms with van der Waals surface area (Å²) in [5.74, 6) is 0.0375. The number of fused-ring (bicyclic) bond motifs is 3. The molecule has 0 fully saturated rings. The minimum atomic E-state index is -0.479. The zero-order valence-electron chi connectivity index (χ0n) is 28.9. The number of carbonyl (C=O) groups excluding carboxylic acids is 1. The monoisotopic (exact) mass is 695 g/mol. The van der Waals surface area contributed by atoms with E-state index in [2.05, 4.69) is 24.3 Å². The summed E-state index contributed by atoms with van der Waals surface area (Å²) in [4.78, 5) is 14.1. The average Bonchev–Trinajstić information content (AvgIpc) is 3.45. The van der Waals surface area contributed by atoms with E-state index in [0.717, 1.165) is 0 Å². The van der Waals surface area contributed by atoms with Crippen LogP contribution in [-0.4, -0.2) is 157 Å². The van der Waals surface area contributed by atoms with Gasteiger partial charge in [-0.05, 0) is 22.3 Å². The number of hydrogen-bond donors (Lipinski definition) is 0. The summed E-state index contributed by atoms with van der Waals surface area (Å²) in [6, 6.07) is 16.6. The Labute approximate surface area is 289 Å². The molecule has 2 aromatic rings. The Kier molecular flexibility index (Phi) is 22.5. The summed E-state index contributed by atoms with van der Waals surface area (Å²) >= 11 is 0. The molecule has 49 heavy (non-hydrogen) atoms. The van der Waals surface area contributed by atoms with Gasteiger partial charge in [-0.2, -0.15) is 0 Å². The lowest BCUT2D eigenvalue weighted by atomic mass is 9.98. The largest absolute Gasteiger partial charge is 0.448 e. The van der Waals surface area contributed by atoms with E-state index in [0.29, 0.717) is 125 Å². The third-order valence-corrected chi connectivity index (χ3v) is 7.42. The van der Waals surface area contributed by atoms with Crippen LogP contribution in [0.1, 0.15) is 17.0 Å². The number of halogens is 1. The van der Waals surface area contributed by atoms with Crippen LogP contribution in [0.4, 0.5) is 9.18 Å². The van der Waals surface area contributed by atoms with Crippen molar-refractivity contribution in [1.82, 2.24) is 4.90 Å². The molecule has 1 amide bonds. The van der Waals surface area contributed by atoms with E-state index in [-0.39, 0.29) is 18.6 Å². The number of ether oxygens (including phenoxy) is 10. The third kappa shape index (κ3) is 17.2. The molecule has 0 heterocycles. The molecule has 0 N–H and O–H groups in total. The normalized spacial score (nSPS) is 12.3. The Hall–Kier alpha value is -2.72. The standard InChI is InChI=1S/C36H54FNO11/c1-38(36(39)49-30-35-33-8-4-2-6-31(33)32-7-3-5-9-34(32)35)11-13-41-15-17-43-19-21-45-23-25-47-27-29-48-28-26-46-24-22-44-20-18-42-16-14-40-12-10-37/h2-9,35H,10-30H2,1H3. The Morgan fingerprint density at radius 3 is 1.22 bits per heavy atom. The first-order valence-electron chi connectivity index (χ1n) is 17.0. The SMILES string of the molecule is CN(CCOCCOCCOCCOCCOCCOCCOCCOCCOCCF)C(=O)OCC1c2ccccc2-c2ccccc21. The van der Waals surface area contributed by atoms with E-state index in [1.54, 1.807) is 7.05 Å². The average molecular weight is 696 g/mol. The molecule has 0 bridgehead atoms. The smallest absolute Gasteiger partial charge is 0.409 e. The first kappa shape index (κ1) is 40.7. The third-order valence-electron chi connectivity index (χ3n) is 7.42. The fourth-order valence-corrected chi connectivity index (χ4v) is 4.91. The molecular formula is C36H54FNO11. The summed E-state index contributed by atoms with van der Waals surface area (Å²) in [7, 11) is 1.71. The molecule has 3 rings (SSSR count). The van der Waals surface area contributed by atoms with Gasteiger partial charge in [0, 0.05) is 19.5 Å². The zero-order chi connectivity index (χ0) is 34.6. The van der Waals surface area contributed by atoms with Gasteiger partial charge in [-0.3, -0.25) is 0 Å². The number of nitrogens with zero attached hydrogens (tertiary/aromatic N) is 1. The molecule has 0 radical (unpaired) electrons. The van der Waals surface area contributed by atoms with Crippen molar-refractivity contribution in [3.8, 4) is 11.1 Å². The summed E-state index contributed by atoms with van der Waals surface area (Å²) in [6.45, 7) is 8.14. The molecule has 0 saturated carbocycles. The maximum atomic E-state index is 12.6. The summed E-state index contributed by atoms with van der Waals surface area (Å²) in [5.41, 5.74) is 4.79. The number of amides is 1. The van der Waals surface area contributed by atoms with E-state index in [4.69, 9.17) is 47.4 Å². The predicted octanol–water partition coefficient (Wildman–Crippen LogP) is 3.99. The Bertz CT molecular complexity index is 1080. The van der Waals surface area contributed by atoms with Crippen LogP contribution in [-0.2, 0) is 47.4 Å². The van der Waals surface area contributed by atoms with Gasteiger partial charge in [0.25, 0.3) is 0 Å². The van der Waals surface area contributed by atoms with Gasteiger partial charge in [-0.1, -0.05) is 48.5 Å². The highest BCUT2D eigenvalue weighted by Gasteiger charge is 2.29. The van der Waals surface area contributed by atoms with E-state index in [1.807, 2.05) is 24.3 Å². The molecule has 0 aliphatic heterocycles. The number of alkyl halides is 1. The van der Waals surface area contributed by atoms with Crippen molar-refractivity contribution in [2.24, 2.45) is 0 Å². The first-order chi connectivity index (χ1) is 24.2. The van der Waals surface area contributed by atoms with Crippen molar-refractivity contribution in [2.75, 3.05) is 146 Å². The van der Waals surface area contributed by atoms with Crippen LogP contribution in [0.5, 0.6) is 0 Å². The van der Waals surface area contributed by atoms with Crippen LogP contribution in [0.3, 0.4) is 0 Å². The molecule has 2 aromatic carbocycles. The van der Waals surface area contributed by atoms with Crippen molar-refractivity contribution in [3.63, 3.8) is 0 Å². The maximum absolute atomic E-state index is 12.6. The molecule has 0 unspecified atom stereocenters. The summed E-state index contributed by atoms with van der Waals surface area (Å²) in [5, 5.41) is 0. The molecule has 1 aliphatic carbocycles. The minimum Gasteiger partial charge on any atom is -0.448 e. The van der Waals surface area contributed by atoms with Gasteiger partial charge in [-0.25, -0.2) is 9.18 Å². The lowest BCUT2D eigenvalue weighted by Crippen LogP contribution is -2.32. The molecule has 0 saturated heterocycles. The Morgan fingerprint density at radius 2 is 0.857 bits per heavy atom. The fourth-order valence-electron chi connectivity index (χ4n) is 4.91. The van der Waals surface area contributed by atoms with Gasteiger partial charge < -0.3 is 52.3 Å². The maximum Gasteiger partial charge on any atom is 0.409 e. The molecular weight excluding hydrogens is 641 g/mol. The summed E-state index contributed by atoms with van der Waals surface area (Å²) in [6.07, 6.45) is -0.367. The molecule has 276 valence electrons. The minimum absolute atomic E-state index is 0.0375. The second-order valence-electron chi connectivity index (χ2n) is 10.9. The number of likely N-dealkylation sites (N-methyl/N-ethyl adjacent to an activating group) is 1. The van der Waals surface area contributed by atoms with E-state index < -0.39 is 6.67 Å². The molecule has 1 aliphatic rings. The van der Waals surface area contributed by atoms with E-state index in [1.165, 1.54) is 27.2 Å². The molecule has 13 heteroatoms. The van der Waals surface area contributed by atoms with Crippen molar-refractivity contribution in [3.05, 3.63) is 59.7 Å². The van der Waals surface area contributed by atoms with E-state index >= 15 is 0 Å².